The van der Waals surface area contributed by atoms with Crippen LogP contribution in [0.4, 0.5) is 26.3 Å². The van der Waals surface area contributed by atoms with E-state index in [1.54, 1.807) is 4.57 Å². The van der Waals surface area contributed by atoms with Crippen LogP contribution in [0.3, 0.4) is 0 Å². The summed E-state index contributed by atoms with van der Waals surface area (Å²) in [6.45, 7) is 3.82. The van der Waals surface area contributed by atoms with E-state index in [1.165, 1.54) is 13.3 Å². The van der Waals surface area contributed by atoms with Gasteiger partial charge in [0, 0.05) is 6.54 Å². The Morgan fingerprint density at radius 2 is 1.67 bits per heavy atom. The second-order valence-electron chi connectivity index (χ2n) is 10.1. The summed E-state index contributed by atoms with van der Waals surface area (Å²) in [5.74, 6) is 0. The Labute approximate surface area is 221 Å². The summed E-state index contributed by atoms with van der Waals surface area (Å²) in [5.41, 5.74) is -3.78. The highest BCUT2D eigenvalue weighted by Crippen LogP contribution is 2.41. The molecule has 0 amide bonds. The van der Waals surface area contributed by atoms with Crippen LogP contribution in [0.1, 0.15) is 67.9 Å². The first-order valence-electron chi connectivity index (χ1n) is 12.6. The van der Waals surface area contributed by atoms with Crippen LogP contribution in [0.2, 0.25) is 0 Å². The number of halogens is 6. The molecule has 0 spiro atoms. The Balaban J connectivity index is 1.63. The first-order chi connectivity index (χ1) is 18.3. The van der Waals surface area contributed by atoms with E-state index in [4.69, 9.17) is 4.74 Å². The van der Waals surface area contributed by atoms with Gasteiger partial charge in [0.25, 0.3) is 0 Å². The molecule has 4 rings (SSSR count). The molecule has 2 N–H and O–H groups in total. The van der Waals surface area contributed by atoms with Gasteiger partial charge in [0.2, 0.25) is 0 Å². The van der Waals surface area contributed by atoms with Crippen LogP contribution in [-0.2, 0) is 28.2 Å². The number of ether oxygens (including phenoxy) is 1. The topological polar surface area (TPSA) is 71.9 Å². The second-order valence-corrected chi connectivity index (χ2v) is 10.1. The molecule has 0 unspecified atom stereocenters. The van der Waals surface area contributed by atoms with Crippen LogP contribution in [-0.4, -0.2) is 27.9 Å². The van der Waals surface area contributed by atoms with Gasteiger partial charge in [-0.25, -0.2) is 9.89 Å². The number of benzene rings is 2. The average molecular weight is 557 g/mol. The Morgan fingerprint density at radius 3 is 2.15 bits per heavy atom. The zero-order valence-electron chi connectivity index (χ0n) is 21.5. The summed E-state index contributed by atoms with van der Waals surface area (Å²) in [6.07, 6.45) is -6.90. The van der Waals surface area contributed by atoms with E-state index >= 15 is 0 Å². The number of hydrogen-bond donors (Lipinski definition) is 2. The fourth-order valence-electron chi connectivity index (χ4n) is 5.33. The number of alkyl halides is 6. The maximum atomic E-state index is 13.4. The Bertz CT molecular complexity index is 1280. The van der Waals surface area contributed by atoms with Crippen LogP contribution in [0, 0.1) is 0 Å². The summed E-state index contributed by atoms with van der Waals surface area (Å²) in [6, 6.07) is 10.8. The molecular weight excluding hydrogens is 526 g/mol. The number of piperidine rings is 1. The summed E-state index contributed by atoms with van der Waals surface area (Å²) in [4.78, 5) is 12.4. The van der Waals surface area contributed by atoms with E-state index < -0.39 is 40.7 Å². The predicted molar refractivity (Wildman–Crippen MR) is 132 cm³/mol. The van der Waals surface area contributed by atoms with Crippen molar-refractivity contribution in [2.45, 2.75) is 69.1 Å². The van der Waals surface area contributed by atoms with Gasteiger partial charge in [-0.15, -0.1) is 0 Å². The van der Waals surface area contributed by atoms with Gasteiger partial charge in [0.05, 0.1) is 34.9 Å². The van der Waals surface area contributed by atoms with Crippen LogP contribution in [0.15, 0.2) is 59.7 Å². The largest absolute Gasteiger partial charge is 0.416 e. The van der Waals surface area contributed by atoms with E-state index in [0.717, 1.165) is 12.0 Å². The predicted octanol–water partition coefficient (Wildman–Crippen LogP) is 6.16. The Hall–Kier alpha value is -3.12. The van der Waals surface area contributed by atoms with Gasteiger partial charge >= 0.3 is 18.0 Å². The van der Waals surface area contributed by atoms with Gasteiger partial charge in [-0.1, -0.05) is 43.7 Å². The third kappa shape index (κ3) is 6.06. The number of rotatable bonds is 8. The normalized spacial score (nSPS) is 23.1. The zero-order valence-corrected chi connectivity index (χ0v) is 21.5. The quantitative estimate of drug-likeness (QED) is 0.326. The summed E-state index contributed by atoms with van der Waals surface area (Å²) in [5, 5.41) is 9.84. The van der Waals surface area contributed by atoms with Crippen LogP contribution in [0.5, 0.6) is 0 Å². The van der Waals surface area contributed by atoms with Crippen molar-refractivity contribution in [3.05, 3.63) is 87.6 Å². The lowest BCUT2D eigenvalue weighted by Gasteiger charge is -2.48. The van der Waals surface area contributed by atoms with Crippen molar-refractivity contribution in [3.8, 4) is 0 Å². The maximum Gasteiger partial charge on any atom is 0.416 e. The van der Waals surface area contributed by atoms with Crippen LogP contribution in [0.25, 0.3) is 0 Å². The van der Waals surface area contributed by atoms with Crippen molar-refractivity contribution in [2.75, 3.05) is 13.2 Å². The number of hydrogen-bond acceptors (Lipinski definition) is 4. The fourth-order valence-corrected chi connectivity index (χ4v) is 5.33. The van der Waals surface area contributed by atoms with Crippen molar-refractivity contribution < 1.29 is 31.1 Å². The number of nitrogens with zero attached hydrogens (tertiary/aromatic N) is 2. The van der Waals surface area contributed by atoms with Crippen molar-refractivity contribution in [3.63, 3.8) is 0 Å². The van der Waals surface area contributed by atoms with Gasteiger partial charge in [-0.05, 0) is 55.5 Å². The Morgan fingerprint density at radius 1 is 1.03 bits per heavy atom. The summed E-state index contributed by atoms with van der Waals surface area (Å²) < 4.78 is 87.9. The minimum atomic E-state index is -4.94. The lowest BCUT2D eigenvalue weighted by atomic mass is 9.74. The monoisotopic (exact) mass is 556 g/mol. The van der Waals surface area contributed by atoms with Crippen LogP contribution >= 0.6 is 0 Å². The highest BCUT2D eigenvalue weighted by Gasteiger charge is 2.45. The minimum absolute atomic E-state index is 0.0156. The molecule has 6 nitrogen and oxygen atoms in total. The highest BCUT2D eigenvalue weighted by molar-refractivity contribution is 5.35. The number of aromatic amines is 1. The molecule has 1 aliphatic rings. The first kappa shape index (κ1) is 28.9. The fraction of sp³-hybridized carbons (Fsp3) is 0.481. The smallest absolute Gasteiger partial charge is 0.372 e. The molecule has 2 aromatic carbocycles. The van der Waals surface area contributed by atoms with E-state index in [-0.39, 0.29) is 23.9 Å². The molecule has 1 saturated heterocycles. The molecule has 3 atom stereocenters. The molecule has 212 valence electrons. The molecule has 2 heterocycles. The standard InChI is InChI=1S/C27H30F6N4O2/c1-3-9-24(37-17-35-36-23(37)38)10-11-25(34-15-24,20-7-5-4-6-8-20)16-39-18(2)19-12-21(26(28,29)30)14-22(13-19)27(31,32)33/h4-8,12-14,17-18,34H,3,9-11,15-16H2,1-2H3,(H,36,38)/t18-,24+,25-/m1/s1. The lowest BCUT2D eigenvalue weighted by Crippen LogP contribution is -2.60. The molecule has 1 aliphatic heterocycles. The molecular formula is C27H30F6N4O2. The molecule has 0 saturated carbocycles. The summed E-state index contributed by atoms with van der Waals surface area (Å²) in [7, 11) is 0. The van der Waals surface area contributed by atoms with Crippen molar-refractivity contribution in [2.24, 2.45) is 0 Å². The lowest BCUT2D eigenvalue weighted by molar-refractivity contribution is -0.143. The molecule has 0 aliphatic carbocycles. The third-order valence-corrected chi connectivity index (χ3v) is 7.54. The molecule has 0 bridgehead atoms. The van der Waals surface area contributed by atoms with Crippen molar-refractivity contribution >= 4 is 0 Å². The maximum absolute atomic E-state index is 13.4. The van der Waals surface area contributed by atoms with E-state index in [0.29, 0.717) is 37.9 Å². The number of nitrogens with one attached hydrogen (secondary N) is 2. The summed E-state index contributed by atoms with van der Waals surface area (Å²) >= 11 is 0. The van der Waals surface area contributed by atoms with Crippen molar-refractivity contribution in [1.29, 1.82) is 0 Å². The molecule has 1 aromatic heterocycles. The van der Waals surface area contributed by atoms with E-state index in [1.807, 2.05) is 37.3 Å². The average Bonchev–Trinajstić information content (AvgIpc) is 3.34. The van der Waals surface area contributed by atoms with Crippen molar-refractivity contribution in [1.82, 2.24) is 20.1 Å². The molecule has 39 heavy (non-hydrogen) atoms. The van der Waals surface area contributed by atoms with Gasteiger partial charge in [0.15, 0.2) is 0 Å². The SMILES string of the molecule is CCC[C@]1(n2cn[nH]c2=O)CC[C@@](CO[C@H](C)c2cc(C(F)(F)F)cc(C(F)(F)F)c2)(c2ccccc2)NC1. The first-order valence-corrected chi connectivity index (χ1v) is 12.6. The number of H-pyrrole nitrogens is 1. The Kier molecular flexibility index (Phi) is 8.00. The van der Waals surface area contributed by atoms with Gasteiger partial charge in [0.1, 0.15) is 6.33 Å². The molecule has 12 heteroatoms. The second kappa shape index (κ2) is 10.8. The molecule has 3 aromatic rings. The highest BCUT2D eigenvalue weighted by atomic mass is 19.4. The van der Waals surface area contributed by atoms with E-state index in [9.17, 15) is 31.1 Å². The minimum Gasteiger partial charge on any atom is -0.372 e. The van der Waals surface area contributed by atoms with Gasteiger partial charge < -0.3 is 10.1 Å². The third-order valence-electron chi connectivity index (χ3n) is 7.54. The number of aromatic nitrogens is 3. The molecule has 1 fully saturated rings. The zero-order chi connectivity index (χ0) is 28.5. The van der Waals surface area contributed by atoms with Gasteiger partial charge in [-0.2, -0.15) is 31.4 Å². The molecule has 0 radical (unpaired) electrons. The van der Waals surface area contributed by atoms with Crippen LogP contribution < -0.4 is 11.0 Å². The van der Waals surface area contributed by atoms with E-state index in [2.05, 4.69) is 15.5 Å². The van der Waals surface area contributed by atoms with Gasteiger partial charge in [-0.3, -0.25) is 4.57 Å².